The minimum Gasteiger partial charge on any atom is -0.469 e. The molecule has 5 heteroatoms. The summed E-state index contributed by atoms with van der Waals surface area (Å²) >= 11 is 0. The lowest BCUT2D eigenvalue weighted by atomic mass is 9.96. The number of aliphatic hydroxyl groups excluding tert-OH is 1. The zero-order valence-corrected chi connectivity index (χ0v) is 10.9. The van der Waals surface area contributed by atoms with Crippen LogP contribution in [0.15, 0.2) is 0 Å². The van der Waals surface area contributed by atoms with E-state index in [-0.39, 0.29) is 30.7 Å². The largest absolute Gasteiger partial charge is 0.469 e. The van der Waals surface area contributed by atoms with E-state index in [4.69, 9.17) is 19.3 Å². The Hall–Kier alpha value is -0.650. The first-order valence-corrected chi connectivity index (χ1v) is 5.94. The molecule has 0 spiro atoms. The third-order valence-electron chi connectivity index (χ3n) is 2.96. The van der Waals surface area contributed by atoms with Gasteiger partial charge in [0.05, 0.1) is 25.2 Å². The van der Waals surface area contributed by atoms with Crippen LogP contribution in [0.4, 0.5) is 0 Å². The van der Waals surface area contributed by atoms with Crippen LogP contribution in [0.3, 0.4) is 0 Å². The van der Waals surface area contributed by atoms with Gasteiger partial charge in [0, 0.05) is 6.61 Å². The van der Waals surface area contributed by atoms with E-state index in [1.54, 1.807) is 0 Å². The maximum atomic E-state index is 11.5. The van der Waals surface area contributed by atoms with Crippen molar-refractivity contribution in [2.24, 2.45) is 5.92 Å². The van der Waals surface area contributed by atoms with Crippen LogP contribution in [0.5, 0.6) is 0 Å². The SMILES string of the molecule is COC(=O)C(CCO)CC1OC(C)(C)OC1C. The molecular weight excluding hydrogens is 224 g/mol. The molecule has 17 heavy (non-hydrogen) atoms. The van der Waals surface area contributed by atoms with E-state index in [1.807, 2.05) is 20.8 Å². The molecule has 0 aromatic rings. The van der Waals surface area contributed by atoms with Crippen LogP contribution >= 0.6 is 0 Å². The number of esters is 1. The Morgan fingerprint density at radius 3 is 2.53 bits per heavy atom. The van der Waals surface area contributed by atoms with Gasteiger partial charge in [0.25, 0.3) is 0 Å². The van der Waals surface area contributed by atoms with Crippen LogP contribution in [0.25, 0.3) is 0 Å². The van der Waals surface area contributed by atoms with Crippen molar-refractivity contribution in [2.45, 2.75) is 51.6 Å². The summed E-state index contributed by atoms with van der Waals surface area (Å²) in [5, 5.41) is 8.94. The molecular formula is C12H22O5. The van der Waals surface area contributed by atoms with Crippen molar-refractivity contribution >= 4 is 5.97 Å². The summed E-state index contributed by atoms with van der Waals surface area (Å²) in [5.74, 6) is -1.25. The molecule has 3 atom stereocenters. The molecule has 1 saturated heterocycles. The van der Waals surface area contributed by atoms with Crippen LogP contribution < -0.4 is 0 Å². The number of aliphatic hydroxyl groups is 1. The lowest BCUT2D eigenvalue weighted by Gasteiger charge is -2.20. The first-order valence-electron chi connectivity index (χ1n) is 5.94. The molecule has 0 saturated carbocycles. The van der Waals surface area contributed by atoms with Crippen molar-refractivity contribution in [3.8, 4) is 0 Å². The average molecular weight is 246 g/mol. The van der Waals surface area contributed by atoms with Gasteiger partial charge in [-0.1, -0.05) is 0 Å². The fourth-order valence-corrected chi connectivity index (χ4v) is 2.19. The Morgan fingerprint density at radius 1 is 1.47 bits per heavy atom. The summed E-state index contributed by atoms with van der Waals surface area (Å²) in [4.78, 5) is 11.5. The molecule has 1 fully saturated rings. The Bertz CT molecular complexity index is 264. The molecule has 0 aromatic carbocycles. The summed E-state index contributed by atoms with van der Waals surface area (Å²) in [7, 11) is 1.35. The number of carbonyl (C=O) groups is 1. The highest BCUT2D eigenvalue weighted by atomic mass is 16.7. The zero-order chi connectivity index (χ0) is 13.1. The van der Waals surface area contributed by atoms with Gasteiger partial charge in [0.1, 0.15) is 0 Å². The molecule has 0 aromatic heterocycles. The molecule has 1 rings (SSSR count). The van der Waals surface area contributed by atoms with E-state index in [0.717, 1.165) is 0 Å². The van der Waals surface area contributed by atoms with Crippen molar-refractivity contribution in [3.05, 3.63) is 0 Å². The van der Waals surface area contributed by atoms with Gasteiger partial charge in [0.15, 0.2) is 5.79 Å². The number of ether oxygens (including phenoxy) is 3. The van der Waals surface area contributed by atoms with E-state index >= 15 is 0 Å². The smallest absolute Gasteiger partial charge is 0.308 e. The third-order valence-corrected chi connectivity index (χ3v) is 2.96. The van der Waals surface area contributed by atoms with Crippen molar-refractivity contribution < 1.29 is 24.1 Å². The van der Waals surface area contributed by atoms with Gasteiger partial charge in [-0.2, -0.15) is 0 Å². The Balaban J connectivity index is 2.58. The highest BCUT2D eigenvalue weighted by molar-refractivity contribution is 5.72. The second-order valence-electron chi connectivity index (χ2n) is 4.85. The van der Waals surface area contributed by atoms with Gasteiger partial charge < -0.3 is 19.3 Å². The first-order chi connectivity index (χ1) is 7.89. The molecule has 0 aliphatic carbocycles. The highest BCUT2D eigenvalue weighted by Gasteiger charge is 2.40. The van der Waals surface area contributed by atoms with Crippen LogP contribution in [-0.2, 0) is 19.0 Å². The predicted octanol–water partition coefficient (Wildman–Crippen LogP) is 1.09. The van der Waals surface area contributed by atoms with Gasteiger partial charge in [-0.25, -0.2) is 0 Å². The minimum absolute atomic E-state index is 0.0366. The third kappa shape index (κ3) is 3.94. The number of hydrogen-bond donors (Lipinski definition) is 1. The number of carbonyl (C=O) groups excluding carboxylic acids is 1. The molecule has 3 unspecified atom stereocenters. The molecule has 0 amide bonds. The lowest BCUT2D eigenvalue weighted by molar-refractivity contribution is -0.154. The maximum absolute atomic E-state index is 11.5. The summed E-state index contributed by atoms with van der Waals surface area (Å²) in [6.45, 7) is 5.59. The molecule has 100 valence electrons. The fraction of sp³-hybridized carbons (Fsp3) is 0.917. The molecule has 5 nitrogen and oxygen atoms in total. The normalized spacial score (nSPS) is 29.0. The van der Waals surface area contributed by atoms with Gasteiger partial charge in [-0.05, 0) is 33.6 Å². The summed E-state index contributed by atoms with van der Waals surface area (Å²) in [6, 6.07) is 0. The second-order valence-corrected chi connectivity index (χ2v) is 4.85. The first kappa shape index (κ1) is 14.4. The van der Waals surface area contributed by atoms with Crippen LogP contribution in [0.2, 0.25) is 0 Å². The van der Waals surface area contributed by atoms with Gasteiger partial charge in [0.2, 0.25) is 0 Å². The maximum Gasteiger partial charge on any atom is 0.308 e. The standard InChI is InChI=1S/C12H22O5/c1-8-10(17-12(2,3)16-8)7-9(5-6-13)11(14)15-4/h8-10,13H,5-7H2,1-4H3. The molecule has 0 radical (unpaired) electrons. The van der Waals surface area contributed by atoms with Crippen molar-refractivity contribution in [1.29, 1.82) is 0 Å². The van der Waals surface area contributed by atoms with Crippen molar-refractivity contribution in [1.82, 2.24) is 0 Å². The van der Waals surface area contributed by atoms with E-state index in [9.17, 15) is 4.79 Å². The van der Waals surface area contributed by atoms with Crippen LogP contribution in [-0.4, -0.2) is 42.8 Å². The van der Waals surface area contributed by atoms with Crippen LogP contribution in [0, 0.1) is 5.92 Å². The van der Waals surface area contributed by atoms with E-state index in [0.29, 0.717) is 12.8 Å². The van der Waals surface area contributed by atoms with Crippen molar-refractivity contribution in [3.63, 3.8) is 0 Å². The fourth-order valence-electron chi connectivity index (χ4n) is 2.19. The number of methoxy groups -OCH3 is 1. The summed E-state index contributed by atoms with van der Waals surface area (Å²) < 4.78 is 16.1. The van der Waals surface area contributed by atoms with E-state index in [1.165, 1.54) is 7.11 Å². The van der Waals surface area contributed by atoms with Crippen LogP contribution in [0.1, 0.15) is 33.6 Å². The molecule has 1 N–H and O–H groups in total. The van der Waals surface area contributed by atoms with Gasteiger partial charge in [-0.15, -0.1) is 0 Å². The summed E-state index contributed by atoms with van der Waals surface area (Å²) in [6.07, 6.45) is 0.703. The van der Waals surface area contributed by atoms with E-state index in [2.05, 4.69) is 0 Å². The average Bonchev–Trinajstić information content (AvgIpc) is 2.50. The quantitative estimate of drug-likeness (QED) is 0.736. The topological polar surface area (TPSA) is 65.0 Å². The highest BCUT2D eigenvalue weighted by Crippen LogP contribution is 2.32. The van der Waals surface area contributed by atoms with Gasteiger partial charge in [-0.3, -0.25) is 4.79 Å². The zero-order valence-electron chi connectivity index (χ0n) is 10.9. The Kier molecular flexibility index (Phi) is 4.91. The number of rotatable bonds is 5. The molecule has 1 heterocycles. The lowest BCUT2D eigenvalue weighted by Crippen LogP contribution is -2.28. The summed E-state index contributed by atoms with van der Waals surface area (Å²) in [5.41, 5.74) is 0. The van der Waals surface area contributed by atoms with Gasteiger partial charge >= 0.3 is 5.97 Å². The van der Waals surface area contributed by atoms with E-state index < -0.39 is 5.79 Å². The minimum atomic E-state index is -0.607. The molecule has 1 aliphatic rings. The Labute approximate surface area is 102 Å². The predicted molar refractivity (Wildman–Crippen MR) is 61.3 cm³/mol. The number of hydrogen-bond acceptors (Lipinski definition) is 5. The second kappa shape index (κ2) is 5.80. The molecule has 0 bridgehead atoms. The van der Waals surface area contributed by atoms with Crippen molar-refractivity contribution in [2.75, 3.05) is 13.7 Å². The monoisotopic (exact) mass is 246 g/mol. The Morgan fingerprint density at radius 2 is 2.12 bits per heavy atom. The molecule has 1 aliphatic heterocycles.